The number of benzene rings is 4. The van der Waals surface area contributed by atoms with Crippen molar-refractivity contribution in [3.8, 4) is 0 Å². The van der Waals surface area contributed by atoms with Crippen LogP contribution in [0.3, 0.4) is 0 Å². The van der Waals surface area contributed by atoms with Crippen molar-refractivity contribution in [1.29, 1.82) is 0 Å². The van der Waals surface area contributed by atoms with Crippen molar-refractivity contribution in [2.45, 2.75) is 50.2 Å². The molecule has 0 radical (unpaired) electrons. The molecule has 0 aromatic heterocycles. The van der Waals surface area contributed by atoms with Crippen LogP contribution >= 0.6 is 0 Å². The fraction of sp³-hybridized carbons (Fsp3) is 0.289. The highest BCUT2D eigenvalue weighted by atomic mass is 28.4. The molecule has 1 fully saturated rings. The molecule has 6 rings (SSSR count). The molecule has 3 amide bonds. The number of para-hydroxylation sites is 1. The molecule has 8 nitrogen and oxygen atoms in total. The zero-order valence-corrected chi connectivity index (χ0v) is 28.3. The number of carbonyl (C=O) groups excluding carboxylic acids is 3. The van der Waals surface area contributed by atoms with E-state index in [-0.39, 0.29) is 43.8 Å². The van der Waals surface area contributed by atoms with Gasteiger partial charge in [0.25, 0.3) is 11.8 Å². The summed E-state index contributed by atoms with van der Waals surface area (Å²) in [4.78, 5) is 45.0. The smallest absolute Gasteiger partial charge is 0.268 e. The van der Waals surface area contributed by atoms with Crippen LogP contribution in [0, 0.1) is 5.92 Å². The molecule has 4 atom stereocenters. The lowest BCUT2D eigenvalue weighted by molar-refractivity contribution is -0.149. The van der Waals surface area contributed by atoms with Crippen LogP contribution in [-0.2, 0) is 26.5 Å². The standard InChI is InChI=1S/C38H40FN3O5Si/c1-26-35(48(2,3)39)33(24-34(44)41(21-22-43)25-27-13-7-4-8-14-27)47-38(26)31-23-29(40-36(45)28-15-9-5-10-16-28)19-20-32(31)42(37(38)46)30-17-11-6-12-18-30/h4-20,23,26,33,35,43H,21-22,24-25H2,1-3H3,(H,40,45)/t26-,33+,35-,38+/m0/s1. The van der Waals surface area contributed by atoms with E-state index in [2.05, 4.69) is 5.32 Å². The fourth-order valence-corrected chi connectivity index (χ4v) is 9.89. The molecule has 48 heavy (non-hydrogen) atoms. The lowest BCUT2D eigenvalue weighted by Gasteiger charge is -2.31. The quantitative estimate of drug-likeness (QED) is 0.143. The summed E-state index contributed by atoms with van der Waals surface area (Å²) in [7, 11) is -3.56. The van der Waals surface area contributed by atoms with E-state index in [9.17, 15) is 19.5 Å². The molecule has 0 aliphatic carbocycles. The summed E-state index contributed by atoms with van der Waals surface area (Å²) in [6.07, 6.45) is -1.05. The van der Waals surface area contributed by atoms with E-state index < -0.39 is 31.6 Å². The molecule has 4 aromatic rings. The average molecular weight is 666 g/mol. The Bertz CT molecular complexity index is 1790. The molecule has 0 unspecified atom stereocenters. The molecule has 10 heteroatoms. The fourth-order valence-electron chi connectivity index (χ4n) is 7.39. The normalized spacial score (nSPS) is 21.7. The molecule has 4 aromatic carbocycles. The molecule has 2 heterocycles. The van der Waals surface area contributed by atoms with E-state index in [1.54, 1.807) is 65.4 Å². The molecule has 0 bridgehead atoms. The van der Waals surface area contributed by atoms with Crippen LogP contribution in [0.15, 0.2) is 109 Å². The van der Waals surface area contributed by atoms with Gasteiger partial charge in [0, 0.05) is 47.1 Å². The molecule has 2 aliphatic rings. The second-order valence-corrected chi connectivity index (χ2v) is 16.8. The number of rotatable bonds is 10. The highest BCUT2D eigenvalue weighted by Gasteiger charge is 2.67. The number of anilines is 3. The number of halogens is 1. The number of nitrogens with zero attached hydrogens (tertiary/aromatic N) is 2. The summed E-state index contributed by atoms with van der Waals surface area (Å²) in [5.41, 5.74) is 1.25. The van der Waals surface area contributed by atoms with Gasteiger partial charge in [-0.15, -0.1) is 0 Å². The Kier molecular flexibility index (Phi) is 9.33. The van der Waals surface area contributed by atoms with Crippen LogP contribution in [0.2, 0.25) is 18.6 Å². The maximum absolute atomic E-state index is 16.5. The van der Waals surface area contributed by atoms with Crippen molar-refractivity contribution in [1.82, 2.24) is 4.90 Å². The zero-order valence-electron chi connectivity index (χ0n) is 27.3. The van der Waals surface area contributed by atoms with Crippen molar-refractivity contribution in [3.63, 3.8) is 0 Å². The Morgan fingerprint density at radius 3 is 2.21 bits per heavy atom. The largest absolute Gasteiger partial charge is 0.395 e. The first kappa shape index (κ1) is 33.3. The van der Waals surface area contributed by atoms with E-state index in [0.29, 0.717) is 28.2 Å². The topological polar surface area (TPSA) is 99.2 Å². The van der Waals surface area contributed by atoms with Crippen LogP contribution in [0.4, 0.5) is 21.2 Å². The number of amides is 3. The number of hydrogen-bond donors (Lipinski definition) is 2. The van der Waals surface area contributed by atoms with Crippen molar-refractivity contribution in [2.75, 3.05) is 23.4 Å². The van der Waals surface area contributed by atoms with Gasteiger partial charge in [0.05, 0.1) is 24.8 Å². The maximum Gasteiger partial charge on any atom is 0.268 e. The molecule has 1 spiro atoms. The molecular weight excluding hydrogens is 626 g/mol. The Hall–Kier alpha value is -4.64. The summed E-state index contributed by atoms with van der Waals surface area (Å²) in [6.45, 7) is 5.18. The highest BCUT2D eigenvalue weighted by molar-refractivity contribution is 6.72. The number of carbonyl (C=O) groups is 3. The van der Waals surface area contributed by atoms with Gasteiger partial charge < -0.3 is 24.2 Å². The summed E-state index contributed by atoms with van der Waals surface area (Å²) >= 11 is 0. The van der Waals surface area contributed by atoms with Crippen LogP contribution in [-0.4, -0.2) is 55.4 Å². The highest BCUT2D eigenvalue weighted by Crippen LogP contribution is 2.61. The van der Waals surface area contributed by atoms with Gasteiger partial charge in [0.15, 0.2) is 5.60 Å². The summed E-state index contributed by atoms with van der Waals surface area (Å²) in [6, 6.07) is 32.7. The van der Waals surface area contributed by atoms with Crippen LogP contribution in [0.5, 0.6) is 0 Å². The van der Waals surface area contributed by atoms with Crippen molar-refractivity contribution < 1.29 is 28.3 Å². The van der Waals surface area contributed by atoms with Crippen molar-refractivity contribution >= 4 is 43.2 Å². The van der Waals surface area contributed by atoms with Gasteiger partial charge >= 0.3 is 0 Å². The Morgan fingerprint density at radius 1 is 0.958 bits per heavy atom. The maximum atomic E-state index is 16.5. The predicted octanol–water partition coefficient (Wildman–Crippen LogP) is 6.80. The van der Waals surface area contributed by atoms with E-state index in [1.165, 1.54) is 0 Å². The van der Waals surface area contributed by atoms with E-state index in [0.717, 1.165) is 5.56 Å². The van der Waals surface area contributed by atoms with Crippen LogP contribution in [0.25, 0.3) is 0 Å². The third-order valence-electron chi connectivity index (χ3n) is 9.49. The summed E-state index contributed by atoms with van der Waals surface area (Å²) in [5, 5.41) is 12.7. The van der Waals surface area contributed by atoms with Crippen molar-refractivity contribution in [3.05, 3.63) is 126 Å². The lowest BCUT2D eigenvalue weighted by atomic mass is 9.82. The van der Waals surface area contributed by atoms with Gasteiger partial charge in [-0.25, -0.2) is 0 Å². The van der Waals surface area contributed by atoms with Crippen molar-refractivity contribution in [2.24, 2.45) is 5.92 Å². The minimum absolute atomic E-state index is 0.107. The van der Waals surface area contributed by atoms with Gasteiger partial charge in [-0.3, -0.25) is 19.3 Å². The third kappa shape index (κ3) is 6.19. The number of hydrogen-bond acceptors (Lipinski definition) is 5. The summed E-state index contributed by atoms with van der Waals surface area (Å²) < 4.78 is 23.3. The summed E-state index contributed by atoms with van der Waals surface area (Å²) in [5.74, 6) is -1.60. The molecule has 248 valence electrons. The molecule has 2 aliphatic heterocycles. The third-order valence-corrected chi connectivity index (χ3v) is 11.9. The molecule has 1 saturated heterocycles. The van der Waals surface area contributed by atoms with Gasteiger partial charge in [-0.05, 0) is 61.1 Å². The molecular formula is C38H40FN3O5Si. The predicted molar refractivity (Wildman–Crippen MR) is 186 cm³/mol. The Morgan fingerprint density at radius 2 is 1.58 bits per heavy atom. The van der Waals surface area contributed by atoms with Crippen LogP contribution in [0.1, 0.15) is 34.8 Å². The first-order valence-corrected chi connectivity index (χ1v) is 19.2. The second kappa shape index (κ2) is 13.5. The Labute approximate surface area is 281 Å². The zero-order chi connectivity index (χ0) is 34.1. The van der Waals surface area contributed by atoms with Gasteiger partial charge in [0.2, 0.25) is 14.3 Å². The molecule has 2 N–H and O–H groups in total. The Balaban J connectivity index is 1.40. The lowest BCUT2D eigenvalue weighted by Crippen LogP contribution is -2.44. The van der Waals surface area contributed by atoms with Crippen LogP contribution < -0.4 is 10.2 Å². The minimum atomic E-state index is -3.56. The van der Waals surface area contributed by atoms with E-state index in [4.69, 9.17) is 4.74 Å². The second-order valence-electron chi connectivity index (χ2n) is 13.0. The first-order chi connectivity index (χ1) is 23.0. The average Bonchev–Trinajstić information content (AvgIpc) is 3.51. The number of aliphatic hydroxyl groups excluding tert-OH is 1. The number of ether oxygens (including phenoxy) is 1. The first-order valence-electron chi connectivity index (χ1n) is 16.2. The number of aliphatic hydroxyl groups is 1. The van der Waals surface area contributed by atoms with E-state index >= 15 is 4.11 Å². The SMILES string of the molecule is C[C@H]1[C@H]([Si](C)(C)F)[C@@H](CC(=O)N(CCO)Cc2ccccc2)O[C@]12C(=O)N(c1ccccc1)c1ccc(NC(=O)c3ccccc3)cc12. The minimum Gasteiger partial charge on any atom is -0.395 e. The van der Waals surface area contributed by atoms with Gasteiger partial charge in [0.1, 0.15) is 0 Å². The number of fused-ring (bicyclic) bond motifs is 2. The van der Waals surface area contributed by atoms with E-state index in [1.807, 2.05) is 73.7 Å². The number of nitrogens with one attached hydrogen (secondary N) is 1. The van der Waals surface area contributed by atoms with Gasteiger partial charge in [-0.2, -0.15) is 0 Å². The molecule has 0 saturated carbocycles. The monoisotopic (exact) mass is 665 g/mol. The van der Waals surface area contributed by atoms with Gasteiger partial charge in [-0.1, -0.05) is 73.7 Å².